The SMILES string of the molecule is COC(=O)c1ccc(C)c(NC(=O)COC(=O)C(NC(=O)c2cccs2)C(C)C)c1. The normalized spacial score (nSPS) is 11.5. The number of hydrogen-bond acceptors (Lipinski definition) is 7. The molecule has 1 heterocycles. The van der Waals surface area contributed by atoms with E-state index in [4.69, 9.17) is 4.74 Å². The van der Waals surface area contributed by atoms with E-state index in [0.29, 0.717) is 10.6 Å². The third-order valence-electron chi connectivity index (χ3n) is 4.23. The highest BCUT2D eigenvalue weighted by Crippen LogP contribution is 2.18. The van der Waals surface area contributed by atoms with E-state index < -0.39 is 30.5 Å². The van der Waals surface area contributed by atoms with Gasteiger partial charge in [-0.15, -0.1) is 11.3 Å². The zero-order chi connectivity index (χ0) is 22.3. The van der Waals surface area contributed by atoms with Crippen molar-refractivity contribution >= 4 is 40.8 Å². The quantitative estimate of drug-likeness (QED) is 0.621. The molecule has 0 spiro atoms. The Kier molecular flexibility index (Phi) is 8.11. The summed E-state index contributed by atoms with van der Waals surface area (Å²) in [5.41, 5.74) is 1.42. The van der Waals surface area contributed by atoms with E-state index in [-0.39, 0.29) is 17.4 Å². The van der Waals surface area contributed by atoms with Crippen LogP contribution in [0.1, 0.15) is 39.4 Å². The number of methoxy groups -OCH3 is 1. The largest absolute Gasteiger partial charge is 0.465 e. The minimum absolute atomic E-state index is 0.233. The number of carbonyl (C=O) groups excluding carboxylic acids is 4. The van der Waals surface area contributed by atoms with Crippen LogP contribution in [0.2, 0.25) is 0 Å². The molecule has 0 aliphatic rings. The van der Waals surface area contributed by atoms with Crippen LogP contribution >= 0.6 is 11.3 Å². The maximum Gasteiger partial charge on any atom is 0.337 e. The van der Waals surface area contributed by atoms with Crippen LogP contribution in [0.5, 0.6) is 0 Å². The smallest absolute Gasteiger partial charge is 0.337 e. The van der Waals surface area contributed by atoms with E-state index in [1.165, 1.54) is 24.5 Å². The topological polar surface area (TPSA) is 111 Å². The van der Waals surface area contributed by atoms with Crippen molar-refractivity contribution in [2.75, 3.05) is 19.0 Å². The van der Waals surface area contributed by atoms with Crippen molar-refractivity contribution in [1.29, 1.82) is 0 Å². The fraction of sp³-hybridized carbons (Fsp3) is 0.333. The van der Waals surface area contributed by atoms with Gasteiger partial charge >= 0.3 is 11.9 Å². The number of carbonyl (C=O) groups is 4. The van der Waals surface area contributed by atoms with Gasteiger partial charge in [0.25, 0.3) is 11.8 Å². The lowest BCUT2D eigenvalue weighted by Gasteiger charge is -2.20. The summed E-state index contributed by atoms with van der Waals surface area (Å²) in [5, 5.41) is 7.01. The second-order valence-corrected chi connectivity index (χ2v) is 7.80. The van der Waals surface area contributed by atoms with Crippen LogP contribution in [0, 0.1) is 12.8 Å². The first-order chi connectivity index (χ1) is 14.2. The lowest BCUT2D eigenvalue weighted by Crippen LogP contribution is -2.45. The summed E-state index contributed by atoms with van der Waals surface area (Å²) in [6.07, 6.45) is 0. The predicted molar refractivity (Wildman–Crippen MR) is 113 cm³/mol. The van der Waals surface area contributed by atoms with Crippen molar-refractivity contribution in [3.05, 3.63) is 51.7 Å². The zero-order valence-electron chi connectivity index (χ0n) is 17.2. The molecule has 0 radical (unpaired) electrons. The first kappa shape index (κ1) is 23.1. The lowest BCUT2D eigenvalue weighted by atomic mass is 10.0. The van der Waals surface area contributed by atoms with Crippen LogP contribution in [0.4, 0.5) is 5.69 Å². The van der Waals surface area contributed by atoms with Crippen LogP contribution in [-0.2, 0) is 19.1 Å². The third kappa shape index (κ3) is 6.15. The summed E-state index contributed by atoms with van der Waals surface area (Å²) >= 11 is 1.26. The maximum atomic E-state index is 12.4. The Morgan fingerprint density at radius 2 is 1.87 bits per heavy atom. The van der Waals surface area contributed by atoms with Crippen molar-refractivity contribution in [3.63, 3.8) is 0 Å². The predicted octanol–water partition coefficient (Wildman–Crippen LogP) is 2.78. The van der Waals surface area contributed by atoms with Gasteiger partial charge in [0.1, 0.15) is 6.04 Å². The van der Waals surface area contributed by atoms with Crippen LogP contribution in [-0.4, -0.2) is 43.5 Å². The molecule has 2 rings (SSSR count). The van der Waals surface area contributed by atoms with Gasteiger partial charge in [-0.3, -0.25) is 9.59 Å². The molecule has 0 aliphatic carbocycles. The summed E-state index contributed by atoms with van der Waals surface area (Å²) < 4.78 is 9.77. The Morgan fingerprint density at radius 3 is 2.47 bits per heavy atom. The van der Waals surface area contributed by atoms with E-state index in [1.54, 1.807) is 50.4 Å². The monoisotopic (exact) mass is 432 g/mol. The molecule has 30 heavy (non-hydrogen) atoms. The number of nitrogens with one attached hydrogen (secondary N) is 2. The molecule has 1 unspecified atom stereocenters. The highest BCUT2D eigenvalue weighted by Gasteiger charge is 2.27. The number of thiophene rings is 1. The molecule has 1 atom stereocenters. The van der Waals surface area contributed by atoms with Gasteiger partial charge in [0.15, 0.2) is 6.61 Å². The second kappa shape index (κ2) is 10.5. The molecular formula is C21H24N2O6S. The number of esters is 2. The lowest BCUT2D eigenvalue weighted by molar-refractivity contribution is -0.150. The first-order valence-electron chi connectivity index (χ1n) is 9.22. The maximum absolute atomic E-state index is 12.4. The standard InChI is InChI=1S/C21H24N2O6S/c1-12(2)18(23-19(25)16-6-5-9-30-16)21(27)29-11-17(24)22-15-10-14(20(26)28-4)8-7-13(15)3/h5-10,12,18H,11H2,1-4H3,(H,22,24)(H,23,25). The van der Waals surface area contributed by atoms with Crippen molar-refractivity contribution in [2.24, 2.45) is 5.92 Å². The Bertz CT molecular complexity index is 924. The van der Waals surface area contributed by atoms with Gasteiger partial charge < -0.3 is 20.1 Å². The van der Waals surface area contributed by atoms with Gasteiger partial charge in [0, 0.05) is 5.69 Å². The van der Waals surface area contributed by atoms with Crippen LogP contribution in [0.25, 0.3) is 0 Å². The molecule has 2 amide bonds. The van der Waals surface area contributed by atoms with Crippen LogP contribution in [0.15, 0.2) is 35.7 Å². The number of ether oxygens (including phenoxy) is 2. The molecule has 160 valence electrons. The minimum Gasteiger partial charge on any atom is -0.465 e. The first-order valence-corrected chi connectivity index (χ1v) is 10.1. The van der Waals surface area contributed by atoms with Gasteiger partial charge in [-0.25, -0.2) is 9.59 Å². The number of anilines is 1. The number of benzene rings is 1. The highest BCUT2D eigenvalue weighted by molar-refractivity contribution is 7.12. The summed E-state index contributed by atoms with van der Waals surface area (Å²) in [7, 11) is 1.27. The van der Waals surface area contributed by atoms with Gasteiger partial charge in [0.05, 0.1) is 17.6 Å². The van der Waals surface area contributed by atoms with Crippen LogP contribution in [0.3, 0.4) is 0 Å². The van der Waals surface area contributed by atoms with Crippen molar-refractivity contribution in [2.45, 2.75) is 26.8 Å². The third-order valence-corrected chi connectivity index (χ3v) is 5.10. The molecule has 2 N–H and O–H groups in total. The molecule has 1 aromatic carbocycles. The molecule has 0 fully saturated rings. The molecule has 0 aliphatic heterocycles. The average molecular weight is 432 g/mol. The average Bonchev–Trinajstić information content (AvgIpc) is 3.26. The van der Waals surface area contributed by atoms with Gasteiger partial charge in [-0.2, -0.15) is 0 Å². The Hall–Kier alpha value is -3.20. The fourth-order valence-electron chi connectivity index (χ4n) is 2.53. The summed E-state index contributed by atoms with van der Waals surface area (Å²) in [4.78, 5) is 49.0. The molecule has 2 aromatic rings. The zero-order valence-corrected chi connectivity index (χ0v) is 18.0. The Labute approximate surface area is 178 Å². The number of aryl methyl sites for hydroxylation is 1. The molecule has 0 saturated heterocycles. The molecule has 0 bridgehead atoms. The van der Waals surface area contributed by atoms with Crippen LogP contribution < -0.4 is 10.6 Å². The van der Waals surface area contributed by atoms with E-state index in [9.17, 15) is 19.2 Å². The van der Waals surface area contributed by atoms with Gasteiger partial charge in [-0.1, -0.05) is 26.0 Å². The summed E-state index contributed by atoms with van der Waals surface area (Å²) in [5.74, 6) is -2.41. The highest BCUT2D eigenvalue weighted by atomic mass is 32.1. The van der Waals surface area contributed by atoms with E-state index in [0.717, 1.165) is 5.56 Å². The molecule has 8 nitrogen and oxygen atoms in total. The minimum atomic E-state index is -0.892. The molecular weight excluding hydrogens is 408 g/mol. The summed E-state index contributed by atoms with van der Waals surface area (Å²) in [6.45, 7) is 4.77. The Balaban J connectivity index is 1.96. The van der Waals surface area contributed by atoms with Crippen molar-refractivity contribution < 1.29 is 28.7 Å². The number of rotatable bonds is 8. The summed E-state index contributed by atoms with van der Waals surface area (Å²) in [6, 6.07) is 7.24. The fourth-order valence-corrected chi connectivity index (χ4v) is 3.16. The van der Waals surface area contributed by atoms with Crippen molar-refractivity contribution in [1.82, 2.24) is 5.32 Å². The van der Waals surface area contributed by atoms with Gasteiger partial charge in [0.2, 0.25) is 0 Å². The Morgan fingerprint density at radius 1 is 1.13 bits per heavy atom. The molecule has 0 saturated carbocycles. The molecule has 9 heteroatoms. The van der Waals surface area contributed by atoms with E-state index in [1.807, 2.05) is 0 Å². The van der Waals surface area contributed by atoms with Crippen molar-refractivity contribution in [3.8, 4) is 0 Å². The number of amides is 2. The van der Waals surface area contributed by atoms with Gasteiger partial charge in [-0.05, 0) is 42.0 Å². The van der Waals surface area contributed by atoms with E-state index in [2.05, 4.69) is 15.4 Å². The van der Waals surface area contributed by atoms with E-state index >= 15 is 0 Å². The second-order valence-electron chi connectivity index (χ2n) is 6.85. The molecule has 1 aromatic heterocycles. The number of hydrogen-bond donors (Lipinski definition) is 2.